The summed E-state index contributed by atoms with van der Waals surface area (Å²) >= 11 is 6.95. The molecule has 1 amide bonds. The van der Waals surface area contributed by atoms with Crippen molar-refractivity contribution in [2.45, 2.75) is 32.0 Å². The summed E-state index contributed by atoms with van der Waals surface area (Å²) in [6, 6.07) is 12.6. The minimum Gasteiger partial charge on any atom is -0.406 e. The highest BCUT2D eigenvalue weighted by Crippen LogP contribution is 2.33. The molecule has 0 spiro atoms. The minimum atomic E-state index is -4.76. The zero-order valence-electron chi connectivity index (χ0n) is 20.6. The topological polar surface area (TPSA) is 66.5 Å². The molecule has 1 saturated heterocycles. The Kier molecular flexibility index (Phi) is 9.01. The molecule has 4 rings (SSSR count). The van der Waals surface area contributed by atoms with Crippen molar-refractivity contribution in [2.24, 2.45) is 0 Å². The van der Waals surface area contributed by atoms with E-state index < -0.39 is 6.36 Å². The van der Waals surface area contributed by atoms with Crippen LogP contribution in [0.3, 0.4) is 0 Å². The maximum Gasteiger partial charge on any atom is 0.573 e. The van der Waals surface area contributed by atoms with Gasteiger partial charge >= 0.3 is 6.36 Å². The number of hydrogen-bond donors (Lipinski definition) is 2. The smallest absolute Gasteiger partial charge is 0.406 e. The molecule has 1 aromatic heterocycles. The molecule has 2 heterocycles. The van der Waals surface area contributed by atoms with Crippen LogP contribution in [-0.2, 0) is 0 Å². The first kappa shape index (κ1) is 27.6. The number of ether oxygens (including phenoxy) is 1. The second-order valence-electron chi connectivity index (χ2n) is 8.66. The fraction of sp³-hybridized carbons (Fsp3) is 0.296. The number of halogens is 3. The van der Waals surface area contributed by atoms with Gasteiger partial charge in [-0.25, -0.2) is 4.98 Å². The number of amides is 1. The summed E-state index contributed by atoms with van der Waals surface area (Å²) in [5, 5.41) is 9.56. The number of carbonyl (C=O) groups excluding carboxylic acids is 1. The molecule has 1 fully saturated rings. The molecule has 0 saturated carbocycles. The molecule has 200 valence electrons. The average molecular weight is 561 g/mol. The Hall–Kier alpha value is -3.44. The normalized spacial score (nSPS) is 14.5. The number of aromatic nitrogens is 1. The van der Waals surface area contributed by atoms with Crippen molar-refractivity contribution in [1.82, 2.24) is 15.2 Å². The first-order chi connectivity index (χ1) is 18.2. The highest BCUT2D eigenvalue weighted by atomic mass is 32.1. The van der Waals surface area contributed by atoms with Crippen LogP contribution in [0, 0.1) is 0 Å². The molecule has 11 heteroatoms. The number of rotatable bonds is 7. The standard InChI is InChI=1S/C27H27F3N4O2S2/c1-2-3-14-31-26(37)34-15-12-19(13-16-34)25-33-23(17-38-25)24(35)32-22-7-5-4-6-21(22)18-8-10-20(11-9-18)36-27(28,29)30/h2-11,17,19H,12-16H2,1H3,(H,31,37)(H,32,35). The Bertz CT molecular complexity index is 1280. The number of nitrogens with zero attached hydrogens (tertiary/aromatic N) is 2. The lowest BCUT2D eigenvalue weighted by atomic mass is 9.98. The Morgan fingerprint density at radius 3 is 2.58 bits per heavy atom. The van der Waals surface area contributed by atoms with Gasteiger partial charge in [0.05, 0.1) is 5.01 Å². The summed E-state index contributed by atoms with van der Waals surface area (Å²) in [6.45, 7) is 4.33. The van der Waals surface area contributed by atoms with Gasteiger partial charge in [-0.1, -0.05) is 42.5 Å². The lowest BCUT2D eigenvalue weighted by Crippen LogP contribution is -2.43. The van der Waals surface area contributed by atoms with Crippen LogP contribution in [0.1, 0.15) is 41.2 Å². The number of para-hydroxylation sites is 1. The molecule has 2 N–H and O–H groups in total. The van der Waals surface area contributed by atoms with Crippen molar-refractivity contribution >= 4 is 40.3 Å². The summed E-state index contributed by atoms with van der Waals surface area (Å²) < 4.78 is 41.3. The average Bonchev–Trinajstić information content (AvgIpc) is 3.40. The lowest BCUT2D eigenvalue weighted by Gasteiger charge is -2.33. The van der Waals surface area contributed by atoms with Crippen LogP contribution < -0.4 is 15.4 Å². The van der Waals surface area contributed by atoms with Crippen LogP contribution in [0.25, 0.3) is 11.1 Å². The number of thiocarbonyl (C=S) groups is 1. The monoisotopic (exact) mass is 560 g/mol. The van der Waals surface area contributed by atoms with E-state index in [9.17, 15) is 18.0 Å². The molecule has 2 aromatic carbocycles. The van der Waals surface area contributed by atoms with Crippen LogP contribution in [0.15, 0.2) is 66.1 Å². The lowest BCUT2D eigenvalue weighted by molar-refractivity contribution is -0.274. The van der Waals surface area contributed by atoms with Crippen molar-refractivity contribution in [1.29, 1.82) is 0 Å². The maximum absolute atomic E-state index is 13.0. The third kappa shape index (κ3) is 7.32. The molecule has 1 aliphatic rings. The van der Waals surface area contributed by atoms with Crippen LogP contribution in [0.2, 0.25) is 0 Å². The van der Waals surface area contributed by atoms with Gasteiger partial charge in [-0.05, 0) is 55.7 Å². The number of carbonyl (C=O) groups is 1. The van der Waals surface area contributed by atoms with Gasteiger partial charge in [-0.15, -0.1) is 24.5 Å². The Morgan fingerprint density at radius 2 is 1.89 bits per heavy atom. The van der Waals surface area contributed by atoms with Gasteiger partial charge in [0.1, 0.15) is 11.4 Å². The summed E-state index contributed by atoms with van der Waals surface area (Å²) in [4.78, 5) is 19.8. The van der Waals surface area contributed by atoms with Gasteiger partial charge in [-0.3, -0.25) is 4.79 Å². The SMILES string of the molecule is CC=CCNC(=S)N1CCC(c2nc(C(=O)Nc3ccccc3-c3ccc(OC(F)(F)F)cc3)cs2)CC1. The largest absolute Gasteiger partial charge is 0.573 e. The van der Waals surface area contributed by atoms with E-state index in [0.717, 1.165) is 36.1 Å². The van der Waals surface area contributed by atoms with Crippen molar-refractivity contribution in [3.8, 4) is 16.9 Å². The number of allylic oxidation sites excluding steroid dienone is 1. The van der Waals surface area contributed by atoms with Crippen LogP contribution in [-0.4, -0.2) is 46.9 Å². The summed E-state index contributed by atoms with van der Waals surface area (Å²) in [5.41, 5.74) is 2.17. The van der Waals surface area contributed by atoms with Gasteiger partial charge in [0.15, 0.2) is 5.11 Å². The number of alkyl halides is 3. The van der Waals surface area contributed by atoms with E-state index in [2.05, 4.69) is 25.3 Å². The van der Waals surface area contributed by atoms with Gasteiger partial charge in [-0.2, -0.15) is 0 Å². The summed E-state index contributed by atoms with van der Waals surface area (Å²) in [5.74, 6) is -0.389. The third-order valence-corrected chi connectivity index (χ3v) is 7.48. The minimum absolute atomic E-state index is 0.265. The fourth-order valence-electron chi connectivity index (χ4n) is 4.15. The first-order valence-electron chi connectivity index (χ1n) is 12.1. The van der Waals surface area contributed by atoms with Crippen molar-refractivity contribution in [3.05, 3.63) is 76.8 Å². The van der Waals surface area contributed by atoms with E-state index >= 15 is 0 Å². The molecule has 0 atom stereocenters. The van der Waals surface area contributed by atoms with Crippen molar-refractivity contribution in [2.75, 3.05) is 25.0 Å². The maximum atomic E-state index is 13.0. The Morgan fingerprint density at radius 1 is 1.18 bits per heavy atom. The second-order valence-corrected chi connectivity index (χ2v) is 9.94. The number of benzene rings is 2. The number of thiazole rings is 1. The molecule has 3 aromatic rings. The van der Waals surface area contributed by atoms with Crippen molar-refractivity contribution < 1.29 is 22.7 Å². The zero-order chi connectivity index (χ0) is 27.1. The summed E-state index contributed by atoms with van der Waals surface area (Å²) in [7, 11) is 0. The third-order valence-electron chi connectivity index (χ3n) is 6.07. The zero-order valence-corrected chi connectivity index (χ0v) is 22.3. The van der Waals surface area contributed by atoms with E-state index in [0.29, 0.717) is 29.1 Å². The molecule has 0 aliphatic carbocycles. The molecule has 0 unspecified atom stereocenters. The van der Waals surface area contributed by atoms with E-state index in [1.165, 1.54) is 35.6 Å². The van der Waals surface area contributed by atoms with Gasteiger partial charge in [0, 0.05) is 42.2 Å². The number of likely N-dealkylation sites (tertiary alicyclic amines) is 1. The molecule has 1 aliphatic heterocycles. The predicted octanol–water partition coefficient (Wildman–Crippen LogP) is 6.59. The molecule has 6 nitrogen and oxygen atoms in total. The summed E-state index contributed by atoms with van der Waals surface area (Å²) in [6.07, 6.45) is 1.04. The highest BCUT2D eigenvalue weighted by Gasteiger charge is 2.31. The van der Waals surface area contributed by atoms with E-state index in [-0.39, 0.29) is 17.6 Å². The highest BCUT2D eigenvalue weighted by molar-refractivity contribution is 7.80. The first-order valence-corrected chi connectivity index (χ1v) is 13.4. The Labute approximate surface area is 228 Å². The van der Waals surface area contributed by atoms with Crippen LogP contribution in [0.5, 0.6) is 5.75 Å². The van der Waals surface area contributed by atoms with Crippen LogP contribution >= 0.6 is 23.6 Å². The number of piperidine rings is 1. The van der Waals surface area contributed by atoms with Gasteiger partial charge in [0.2, 0.25) is 0 Å². The fourth-order valence-corrected chi connectivity index (χ4v) is 5.39. The van der Waals surface area contributed by atoms with Crippen LogP contribution in [0.4, 0.5) is 18.9 Å². The molecular weight excluding hydrogens is 533 g/mol. The Balaban J connectivity index is 1.38. The number of hydrogen-bond acceptors (Lipinski definition) is 5. The van der Waals surface area contributed by atoms with E-state index in [1.54, 1.807) is 29.6 Å². The molecular formula is C27H27F3N4O2S2. The van der Waals surface area contributed by atoms with E-state index in [4.69, 9.17) is 12.2 Å². The predicted molar refractivity (Wildman–Crippen MR) is 148 cm³/mol. The van der Waals surface area contributed by atoms with Crippen molar-refractivity contribution in [3.63, 3.8) is 0 Å². The second kappa shape index (κ2) is 12.4. The van der Waals surface area contributed by atoms with E-state index in [1.807, 2.05) is 19.1 Å². The molecule has 38 heavy (non-hydrogen) atoms. The number of anilines is 1. The van der Waals surface area contributed by atoms with Gasteiger partial charge in [0.25, 0.3) is 5.91 Å². The quantitative estimate of drug-likeness (QED) is 0.251. The molecule has 0 bridgehead atoms. The number of nitrogens with one attached hydrogen (secondary N) is 2. The van der Waals surface area contributed by atoms with Gasteiger partial charge < -0.3 is 20.3 Å². The molecule has 0 radical (unpaired) electrons.